The summed E-state index contributed by atoms with van der Waals surface area (Å²) in [5, 5.41) is 3.13. The molecular weight excluding hydrogens is 304 g/mol. The fourth-order valence-electron chi connectivity index (χ4n) is 3.22. The van der Waals surface area contributed by atoms with Crippen LogP contribution in [0.4, 0.5) is 0 Å². The van der Waals surface area contributed by atoms with E-state index < -0.39 is 0 Å². The highest BCUT2D eigenvalue weighted by molar-refractivity contribution is 5.79. The lowest BCUT2D eigenvalue weighted by molar-refractivity contribution is 0.0336. The van der Waals surface area contributed by atoms with E-state index in [1.54, 1.807) is 6.07 Å². The van der Waals surface area contributed by atoms with E-state index in [1.807, 2.05) is 37.3 Å². The molecule has 0 saturated carbocycles. The summed E-state index contributed by atoms with van der Waals surface area (Å²) in [4.78, 5) is 19.5. The maximum atomic E-state index is 12.5. The van der Waals surface area contributed by atoms with Gasteiger partial charge >= 0.3 is 0 Å². The van der Waals surface area contributed by atoms with Crippen molar-refractivity contribution in [3.05, 3.63) is 58.1 Å². The summed E-state index contributed by atoms with van der Waals surface area (Å²) >= 11 is 0. The van der Waals surface area contributed by atoms with Gasteiger partial charge in [-0.3, -0.25) is 14.8 Å². The molecule has 4 rings (SSSR count). The van der Waals surface area contributed by atoms with Crippen molar-refractivity contribution in [2.24, 2.45) is 0 Å². The molecule has 1 saturated heterocycles. The van der Waals surface area contributed by atoms with Crippen molar-refractivity contribution in [2.45, 2.75) is 13.5 Å². The topological polar surface area (TPSA) is 62.6 Å². The van der Waals surface area contributed by atoms with E-state index in [2.05, 4.69) is 10.00 Å². The Kier molecular flexibility index (Phi) is 3.92. The molecule has 1 aromatic carbocycles. The number of aryl methyl sites for hydroxylation is 1. The Hall–Kier alpha value is -2.44. The van der Waals surface area contributed by atoms with Gasteiger partial charge in [-0.1, -0.05) is 30.3 Å². The molecule has 1 N–H and O–H groups in total. The SMILES string of the molecule is Cc1[nH]n2c(=O)cc(CN3CCOCC3)nc2c1-c1ccccc1. The normalized spacial score (nSPS) is 15.9. The van der Waals surface area contributed by atoms with Gasteiger partial charge in [0, 0.05) is 37.0 Å². The number of morpholine rings is 1. The van der Waals surface area contributed by atoms with Crippen molar-refractivity contribution in [1.29, 1.82) is 0 Å². The molecule has 2 aromatic heterocycles. The summed E-state index contributed by atoms with van der Waals surface area (Å²) in [5.74, 6) is 0. The number of hydrogen-bond donors (Lipinski definition) is 1. The molecule has 3 heterocycles. The lowest BCUT2D eigenvalue weighted by atomic mass is 10.1. The zero-order valence-corrected chi connectivity index (χ0v) is 13.7. The van der Waals surface area contributed by atoms with Gasteiger partial charge in [0.15, 0.2) is 5.65 Å². The van der Waals surface area contributed by atoms with Crippen LogP contribution in [0.1, 0.15) is 11.4 Å². The maximum Gasteiger partial charge on any atom is 0.272 e. The summed E-state index contributed by atoms with van der Waals surface area (Å²) in [5.41, 5.74) is 4.40. The predicted octanol–water partition coefficient (Wildman–Crippen LogP) is 1.83. The third-order valence-corrected chi connectivity index (χ3v) is 4.40. The molecule has 0 radical (unpaired) electrons. The smallest absolute Gasteiger partial charge is 0.272 e. The summed E-state index contributed by atoms with van der Waals surface area (Å²) in [6.45, 7) is 5.86. The molecule has 6 nitrogen and oxygen atoms in total. The fraction of sp³-hybridized carbons (Fsp3) is 0.333. The Morgan fingerprint density at radius 1 is 1.21 bits per heavy atom. The molecule has 0 aliphatic carbocycles. The Bertz CT molecular complexity index is 908. The van der Waals surface area contributed by atoms with E-state index in [1.165, 1.54) is 4.52 Å². The molecular formula is C18H20N4O2. The quantitative estimate of drug-likeness (QED) is 0.798. The van der Waals surface area contributed by atoms with E-state index >= 15 is 0 Å². The van der Waals surface area contributed by atoms with Crippen LogP contribution in [0.2, 0.25) is 0 Å². The minimum atomic E-state index is -0.0754. The number of aromatic nitrogens is 3. The lowest BCUT2D eigenvalue weighted by Gasteiger charge is -2.26. The molecule has 3 aromatic rings. The Labute approximate surface area is 139 Å². The van der Waals surface area contributed by atoms with Gasteiger partial charge in [0.1, 0.15) is 0 Å². The number of aromatic amines is 1. The number of rotatable bonds is 3. The lowest BCUT2D eigenvalue weighted by Crippen LogP contribution is -2.36. The second-order valence-corrected chi connectivity index (χ2v) is 6.11. The van der Waals surface area contributed by atoms with E-state index in [0.717, 1.165) is 48.8 Å². The number of H-pyrrole nitrogens is 1. The summed E-state index contributed by atoms with van der Waals surface area (Å²) in [6.07, 6.45) is 0. The third kappa shape index (κ3) is 2.74. The summed E-state index contributed by atoms with van der Waals surface area (Å²) in [6, 6.07) is 11.7. The van der Waals surface area contributed by atoms with Gasteiger partial charge in [-0.2, -0.15) is 0 Å². The fourth-order valence-corrected chi connectivity index (χ4v) is 3.22. The van der Waals surface area contributed by atoms with E-state index in [-0.39, 0.29) is 5.56 Å². The first-order valence-electron chi connectivity index (χ1n) is 8.19. The minimum absolute atomic E-state index is 0.0754. The number of nitrogens with one attached hydrogen (secondary N) is 1. The van der Waals surface area contributed by atoms with Gasteiger partial charge in [-0.05, 0) is 12.5 Å². The first-order chi connectivity index (χ1) is 11.7. The van der Waals surface area contributed by atoms with Crippen LogP contribution in [0, 0.1) is 6.92 Å². The first kappa shape index (κ1) is 15.1. The Morgan fingerprint density at radius 2 is 1.96 bits per heavy atom. The predicted molar refractivity (Wildman–Crippen MR) is 92.1 cm³/mol. The molecule has 1 aliphatic heterocycles. The minimum Gasteiger partial charge on any atom is -0.379 e. The Morgan fingerprint density at radius 3 is 2.71 bits per heavy atom. The molecule has 0 amide bonds. The highest BCUT2D eigenvalue weighted by Crippen LogP contribution is 2.26. The standard InChI is InChI=1S/C18H20N4O2/c1-13-17(14-5-3-2-4-6-14)18-19-15(11-16(23)22(18)20-13)12-21-7-9-24-10-8-21/h2-6,11,20H,7-10,12H2,1H3. The van der Waals surface area contributed by atoms with Crippen LogP contribution in [0.15, 0.2) is 41.2 Å². The van der Waals surface area contributed by atoms with Crippen molar-refractivity contribution >= 4 is 5.65 Å². The van der Waals surface area contributed by atoms with E-state index in [9.17, 15) is 4.79 Å². The van der Waals surface area contributed by atoms with E-state index in [4.69, 9.17) is 9.72 Å². The van der Waals surface area contributed by atoms with Gasteiger partial charge in [0.05, 0.1) is 18.9 Å². The van der Waals surface area contributed by atoms with Crippen LogP contribution >= 0.6 is 0 Å². The average Bonchev–Trinajstić information content (AvgIpc) is 2.93. The van der Waals surface area contributed by atoms with Crippen LogP contribution in [0.3, 0.4) is 0 Å². The van der Waals surface area contributed by atoms with Crippen molar-refractivity contribution in [3.63, 3.8) is 0 Å². The molecule has 0 unspecified atom stereocenters. The molecule has 1 aliphatic rings. The van der Waals surface area contributed by atoms with Crippen LogP contribution in [0.25, 0.3) is 16.8 Å². The van der Waals surface area contributed by atoms with Gasteiger partial charge in [-0.15, -0.1) is 0 Å². The second kappa shape index (κ2) is 6.22. The molecule has 1 fully saturated rings. The van der Waals surface area contributed by atoms with Crippen molar-refractivity contribution in [2.75, 3.05) is 26.3 Å². The first-order valence-corrected chi connectivity index (χ1v) is 8.19. The number of nitrogens with zero attached hydrogens (tertiary/aromatic N) is 3. The third-order valence-electron chi connectivity index (χ3n) is 4.40. The Balaban J connectivity index is 1.79. The molecule has 24 heavy (non-hydrogen) atoms. The second-order valence-electron chi connectivity index (χ2n) is 6.11. The average molecular weight is 324 g/mol. The number of fused-ring (bicyclic) bond motifs is 1. The largest absolute Gasteiger partial charge is 0.379 e. The number of benzene rings is 1. The van der Waals surface area contributed by atoms with Gasteiger partial charge in [0.25, 0.3) is 5.56 Å². The number of hydrogen-bond acceptors (Lipinski definition) is 4. The monoisotopic (exact) mass is 324 g/mol. The highest BCUT2D eigenvalue weighted by atomic mass is 16.5. The molecule has 6 heteroatoms. The van der Waals surface area contributed by atoms with Crippen LogP contribution in [-0.4, -0.2) is 45.8 Å². The van der Waals surface area contributed by atoms with Crippen molar-refractivity contribution in [1.82, 2.24) is 19.5 Å². The van der Waals surface area contributed by atoms with Gasteiger partial charge in [0.2, 0.25) is 0 Å². The zero-order chi connectivity index (χ0) is 16.5. The molecule has 0 bridgehead atoms. The van der Waals surface area contributed by atoms with Crippen molar-refractivity contribution < 1.29 is 4.74 Å². The molecule has 0 atom stereocenters. The molecule has 124 valence electrons. The van der Waals surface area contributed by atoms with Crippen LogP contribution in [-0.2, 0) is 11.3 Å². The summed E-state index contributed by atoms with van der Waals surface area (Å²) in [7, 11) is 0. The number of ether oxygens (including phenoxy) is 1. The van der Waals surface area contributed by atoms with Crippen molar-refractivity contribution in [3.8, 4) is 11.1 Å². The van der Waals surface area contributed by atoms with Crippen LogP contribution < -0.4 is 5.56 Å². The highest BCUT2D eigenvalue weighted by Gasteiger charge is 2.16. The molecule has 0 spiro atoms. The maximum absolute atomic E-state index is 12.5. The summed E-state index contributed by atoms with van der Waals surface area (Å²) < 4.78 is 6.91. The van der Waals surface area contributed by atoms with E-state index in [0.29, 0.717) is 12.2 Å². The zero-order valence-electron chi connectivity index (χ0n) is 13.7. The van der Waals surface area contributed by atoms with Crippen LogP contribution in [0.5, 0.6) is 0 Å². The van der Waals surface area contributed by atoms with Gasteiger partial charge in [-0.25, -0.2) is 9.50 Å². The van der Waals surface area contributed by atoms with Gasteiger partial charge < -0.3 is 4.74 Å².